The topological polar surface area (TPSA) is 57.6 Å². The standard InChI is InChI=1S/C21H23N.C7H8O3S/c1-2-6-15(7-3-1)14-22-17-10-11-21(22)20-12-16-8-4-5-9-18(16)19(20)13-17;1-6-2-4-7(5-3-6)11(8,9)10/h1-9,17,19-21H,10-14H2;2-5H,1H3,(H,8,9,10)/t17?,19-,20+,21?;/m1./s1. The molecule has 2 fully saturated rings. The summed E-state index contributed by atoms with van der Waals surface area (Å²) in [5, 5.41) is 0. The quantitative estimate of drug-likeness (QED) is 0.514. The first-order chi connectivity index (χ1) is 15.9. The molecule has 3 aliphatic rings. The zero-order valence-electron chi connectivity index (χ0n) is 19.0. The van der Waals surface area contributed by atoms with Gasteiger partial charge in [-0.3, -0.25) is 9.45 Å². The van der Waals surface area contributed by atoms with Crippen LogP contribution in [0.1, 0.15) is 47.4 Å². The molecule has 2 unspecified atom stereocenters. The van der Waals surface area contributed by atoms with Crippen LogP contribution in [0.2, 0.25) is 0 Å². The van der Waals surface area contributed by atoms with Crippen molar-refractivity contribution < 1.29 is 13.0 Å². The summed E-state index contributed by atoms with van der Waals surface area (Å²) in [6.07, 6.45) is 5.51. The van der Waals surface area contributed by atoms with Crippen LogP contribution in [0.25, 0.3) is 0 Å². The van der Waals surface area contributed by atoms with Gasteiger partial charge in [-0.25, -0.2) is 0 Å². The molecule has 4 atom stereocenters. The number of hydrogen-bond donors (Lipinski definition) is 1. The third-order valence-corrected chi connectivity index (χ3v) is 8.53. The molecule has 3 aromatic rings. The molecule has 2 saturated heterocycles. The van der Waals surface area contributed by atoms with E-state index >= 15 is 0 Å². The third-order valence-electron chi connectivity index (χ3n) is 7.66. The van der Waals surface area contributed by atoms with E-state index in [-0.39, 0.29) is 4.90 Å². The summed E-state index contributed by atoms with van der Waals surface area (Å²) in [5.74, 6) is 1.69. The lowest BCUT2D eigenvalue weighted by Gasteiger charge is -2.42. The van der Waals surface area contributed by atoms with Gasteiger partial charge in [-0.2, -0.15) is 8.42 Å². The van der Waals surface area contributed by atoms with Crippen LogP contribution in [-0.2, 0) is 23.1 Å². The highest BCUT2D eigenvalue weighted by molar-refractivity contribution is 7.85. The summed E-state index contributed by atoms with van der Waals surface area (Å²) >= 11 is 0. The normalized spacial score (nSPS) is 25.6. The van der Waals surface area contributed by atoms with E-state index in [1.54, 1.807) is 23.3 Å². The fourth-order valence-corrected chi connectivity index (χ4v) is 6.62. The van der Waals surface area contributed by atoms with Gasteiger partial charge in [0.05, 0.1) is 4.90 Å². The van der Waals surface area contributed by atoms with Crippen molar-refractivity contribution in [2.24, 2.45) is 5.92 Å². The molecule has 2 heterocycles. The number of piperidine rings is 1. The van der Waals surface area contributed by atoms with Crippen LogP contribution in [-0.4, -0.2) is 30.0 Å². The molecule has 2 aliphatic heterocycles. The second kappa shape index (κ2) is 9.05. The van der Waals surface area contributed by atoms with Crippen LogP contribution in [0.15, 0.2) is 83.8 Å². The summed E-state index contributed by atoms with van der Waals surface area (Å²) in [6.45, 7) is 2.99. The Bertz CT molecular complexity index is 1210. The molecule has 0 amide bonds. The lowest BCUT2D eigenvalue weighted by Crippen LogP contribution is -2.46. The average molecular weight is 462 g/mol. The fraction of sp³-hybridized carbons (Fsp3) is 0.357. The summed E-state index contributed by atoms with van der Waals surface area (Å²) < 4.78 is 29.6. The molecule has 1 N–H and O–H groups in total. The first kappa shape index (κ1) is 22.3. The maximum absolute atomic E-state index is 10.5. The minimum atomic E-state index is -4.02. The number of benzene rings is 3. The Hall–Kier alpha value is -2.47. The minimum Gasteiger partial charge on any atom is -0.293 e. The molecule has 1 aliphatic carbocycles. The van der Waals surface area contributed by atoms with E-state index < -0.39 is 10.1 Å². The van der Waals surface area contributed by atoms with E-state index in [9.17, 15) is 8.42 Å². The van der Waals surface area contributed by atoms with Gasteiger partial charge in [-0.1, -0.05) is 72.3 Å². The first-order valence-electron chi connectivity index (χ1n) is 11.8. The molecule has 0 spiro atoms. The number of nitrogens with zero attached hydrogens (tertiary/aromatic N) is 1. The number of hydrogen-bond acceptors (Lipinski definition) is 3. The van der Waals surface area contributed by atoms with Gasteiger partial charge in [0, 0.05) is 18.6 Å². The van der Waals surface area contributed by atoms with Crippen molar-refractivity contribution >= 4 is 10.1 Å². The molecule has 0 aromatic heterocycles. The molecule has 0 saturated carbocycles. The van der Waals surface area contributed by atoms with Crippen LogP contribution in [0.4, 0.5) is 0 Å². The number of fused-ring (bicyclic) bond motifs is 6. The first-order valence-corrected chi connectivity index (χ1v) is 13.3. The highest BCUT2D eigenvalue weighted by atomic mass is 32.2. The Labute approximate surface area is 197 Å². The Morgan fingerprint density at radius 2 is 1.61 bits per heavy atom. The minimum absolute atomic E-state index is 0.0666. The second-order valence-corrected chi connectivity index (χ2v) is 11.1. The summed E-state index contributed by atoms with van der Waals surface area (Å²) in [4.78, 5) is 2.77. The molecule has 172 valence electrons. The summed E-state index contributed by atoms with van der Waals surface area (Å²) in [7, 11) is -4.02. The molecule has 3 aromatic carbocycles. The summed E-state index contributed by atoms with van der Waals surface area (Å²) in [5.41, 5.74) is 5.74. The fourth-order valence-electron chi connectivity index (χ4n) is 6.14. The number of aryl methyl sites for hydroxylation is 1. The highest BCUT2D eigenvalue weighted by Crippen LogP contribution is 2.52. The second-order valence-electron chi connectivity index (χ2n) is 9.65. The van der Waals surface area contributed by atoms with Crippen molar-refractivity contribution in [1.29, 1.82) is 0 Å². The largest absolute Gasteiger partial charge is 0.294 e. The van der Waals surface area contributed by atoms with Gasteiger partial charge in [0.2, 0.25) is 0 Å². The zero-order chi connectivity index (χ0) is 23.0. The lowest BCUT2D eigenvalue weighted by molar-refractivity contribution is 0.0740. The Kier molecular flexibility index (Phi) is 6.12. The summed E-state index contributed by atoms with van der Waals surface area (Å²) in [6, 6.07) is 27.9. The van der Waals surface area contributed by atoms with Crippen molar-refractivity contribution in [3.05, 3.63) is 101 Å². The maximum atomic E-state index is 10.5. The van der Waals surface area contributed by atoms with Crippen LogP contribution < -0.4 is 0 Å². The smallest absolute Gasteiger partial charge is 0.293 e. The Morgan fingerprint density at radius 3 is 2.33 bits per heavy atom. The van der Waals surface area contributed by atoms with E-state index in [0.29, 0.717) is 0 Å². The molecule has 5 heteroatoms. The van der Waals surface area contributed by atoms with Crippen molar-refractivity contribution in [3.8, 4) is 0 Å². The molecule has 0 radical (unpaired) electrons. The molecular formula is C28H31NO3S. The van der Waals surface area contributed by atoms with E-state index in [0.717, 1.165) is 36.0 Å². The predicted molar refractivity (Wildman–Crippen MR) is 131 cm³/mol. The lowest BCUT2D eigenvalue weighted by atomic mass is 9.80. The maximum Gasteiger partial charge on any atom is 0.294 e. The van der Waals surface area contributed by atoms with Crippen molar-refractivity contribution in [1.82, 2.24) is 4.90 Å². The van der Waals surface area contributed by atoms with E-state index in [2.05, 4.69) is 59.5 Å². The van der Waals surface area contributed by atoms with Crippen LogP contribution in [0.3, 0.4) is 0 Å². The monoisotopic (exact) mass is 461 g/mol. The van der Waals surface area contributed by atoms with Crippen molar-refractivity contribution in [2.75, 3.05) is 0 Å². The van der Waals surface area contributed by atoms with E-state index in [1.807, 2.05) is 6.92 Å². The molecule has 33 heavy (non-hydrogen) atoms. The van der Waals surface area contributed by atoms with Crippen LogP contribution >= 0.6 is 0 Å². The average Bonchev–Trinajstić information content (AvgIpc) is 3.31. The van der Waals surface area contributed by atoms with Gasteiger partial charge in [-0.05, 0) is 73.3 Å². The van der Waals surface area contributed by atoms with E-state index in [4.69, 9.17) is 4.55 Å². The predicted octanol–water partition coefficient (Wildman–Crippen LogP) is 5.62. The van der Waals surface area contributed by atoms with Crippen molar-refractivity contribution in [2.45, 2.75) is 62.0 Å². The van der Waals surface area contributed by atoms with Crippen LogP contribution in [0, 0.1) is 12.8 Å². The SMILES string of the molecule is Cc1ccc(S(=O)(=O)O)cc1.c1ccc(CN2C3CCC2[C@H]2Cc4ccccc4[C@H]2C3)cc1. The third kappa shape index (κ3) is 4.63. The van der Waals surface area contributed by atoms with E-state index in [1.165, 1.54) is 43.4 Å². The zero-order valence-corrected chi connectivity index (χ0v) is 19.8. The Morgan fingerprint density at radius 1 is 0.909 bits per heavy atom. The van der Waals surface area contributed by atoms with Gasteiger partial charge in [0.15, 0.2) is 0 Å². The molecule has 2 bridgehead atoms. The van der Waals surface area contributed by atoms with Gasteiger partial charge < -0.3 is 0 Å². The number of rotatable bonds is 3. The van der Waals surface area contributed by atoms with Gasteiger partial charge in [0.1, 0.15) is 0 Å². The van der Waals surface area contributed by atoms with Gasteiger partial charge in [-0.15, -0.1) is 0 Å². The highest BCUT2D eigenvalue weighted by Gasteiger charge is 2.50. The van der Waals surface area contributed by atoms with Crippen molar-refractivity contribution in [3.63, 3.8) is 0 Å². The van der Waals surface area contributed by atoms with Gasteiger partial charge >= 0.3 is 0 Å². The molecular weight excluding hydrogens is 430 g/mol. The molecule has 6 rings (SSSR count). The molecule has 4 nitrogen and oxygen atoms in total. The van der Waals surface area contributed by atoms with Crippen LogP contribution in [0.5, 0.6) is 0 Å². The Balaban J connectivity index is 0.000000177. The van der Waals surface area contributed by atoms with Gasteiger partial charge in [0.25, 0.3) is 10.1 Å².